The number of nitrogens with one attached hydrogen (secondary N) is 1. The van der Waals surface area contributed by atoms with E-state index in [2.05, 4.69) is 16.8 Å². The summed E-state index contributed by atoms with van der Waals surface area (Å²) >= 11 is 1.98. The van der Waals surface area contributed by atoms with Gasteiger partial charge in [-0.2, -0.15) is 11.8 Å². The lowest BCUT2D eigenvalue weighted by Gasteiger charge is -2.33. The number of anilines is 1. The summed E-state index contributed by atoms with van der Waals surface area (Å²) in [6.07, 6.45) is 1.68. The number of nitrogen functional groups attached to an aromatic ring is 1. The summed E-state index contributed by atoms with van der Waals surface area (Å²) in [5.41, 5.74) is 7.13. The smallest absolute Gasteiger partial charge is 0.143 e. The largest absolute Gasteiger partial charge is 0.382 e. The number of nitrogens with zero attached hydrogens (tertiary/aromatic N) is 2. The van der Waals surface area contributed by atoms with Crippen molar-refractivity contribution in [3.8, 4) is 0 Å². The lowest BCUT2D eigenvalue weighted by molar-refractivity contribution is 0.779. The van der Waals surface area contributed by atoms with Crippen LogP contribution in [0.3, 0.4) is 0 Å². The number of amidine groups is 1. The molecule has 0 saturated carbocycles. The van der Waals surface area contributed by atoms with Gasteiger partial charge in [-0.25, -0.2) is 0 Å². The van der Waals surface area contributed by atoms with Crippen LogP contribution < -0.4 is 10.6 Å². The molecule has 16 heavy (non-hydrogen) atoms. The molecule has 1 aliphatic heterocycles. The number of nitrogens with two attached hydrogens (primary N) is 1. The minimum Gasteiger partial charge on any atom is -0.382 e. The number of hydrogen-bond acceptors (Lipinski definition) is 4. The van der Waals surface area contributed by atoms with E-state index in [9.17, 15) is 0 Å². The fourth-order valence-corrected chi connectivity index (χ4v) is 2.91. The summed E-state index contributed by atoms with van der Waals surface area (Å²) in [4.78, 5) is 6.45. The molecule has 0 radical (unpaired) electrons. The van der Waals surface area contributed by atoms with Gasteiger partial charge in [0.1, 0.15) is 11.5 Å². The molecule has 1 aromatic heterocycles. The monoisotopic (exact) mass is 236 g/mol. The van der Waals surface area contributed by atoms with Gasteiger partial charge in [-0.1, -0.05) is 6.92 Å². The van der Waals surface area contributed by atoms with Crippen molar-refractivity contribution in [3.05, 3.63) is 24.0 Å². The van der Waals surface area contributed by atoms with Gasteiger partial charge in [0.15, 0.2) is 0 Å². The van der Waals surface area contributed by atoms with E-state index in [0.29, 0.717) is 10.9 Å². The molecule has 0 aliphatic carbocycles. The van der Waals surface area contributed by atoms with Gasteiger partial charge in [0, 0.05) is 30.3 Å². The molecule has 0 aromatic carbocycles. The molecule has 1 aromatic rings. The maximum absolute atomic E-state index is 7.53. The summed E-state index contributed by atoms with van der Waals surface area (Å²) in [5.74, 6) is 1.16. The average molecular weight is 236 g/mol. The van der Waals surface area contributed by atoms with Crippen LogP contribution >= 0.6 is 11.8 Å². The first-order valence-electron chi connectivity index (χ1n) is 5.34. The van der Waals surface area contributed by atoms with E-state index in [4.69, 9.17) is 11.1 Å². The third-order valence-corrected chi connectivity index (χ3v) is 3.76. The normalized spacial score (nSPS) is 20.8. The van der Waals surface area contributed by atoms with Gasteiger partial charge in [0.2, 0.25) is 0 Å². The van der Waals surface area contributed by atoms with E-state index < -0.39 is 0 Å². The molecule has 5 heteroatoms. The second kappa shape index (κ2) is 4.74. The quantitative estimate of drug-likeness (QED) is 0.600. The minimum absolute atomic E-state index is 0.0430. The molecular formula is C11H16N4S. The molecule has 4 nitrogen and oxygen atoms in total. The standard InChI is InChI=1S/C11H16N4S/c1-8-7-15(5-6-16-8)9-3-2-4-14-10(9)11(12)13/h2-4,8H,5-7H2,1H3,(H3,12,13). The number of rotatable bonds is 2. The lowest BCUT2D eigenvalue weighted by Crippen LogP contribution is -2.38. The molecular weight excluding hydrogens is 220 g/mol. The molecule has 1 unspecified atom stereocenters. The molecule has 2 heterocycles. The summed E-state index contributed by atoms with van der Waals surface area (Å²) in [6, 6.07) is 3.89. The predicted octanol–water partition coefficient (Wildman–Crippen LogP) is 1.31. The lowest BCUT2D eigenvalue weighted by atomic mass is 10.2. The Morgan fingerprint density at radius 3 is 3.19 bits per heavy atom. The maximum atomic E-state index is 7.53. The van der Waals surface area contributed by atoms with Crippen molar-refractivity contribution in [2.45, 2.75) is 12.2 Å². The Balaban J connectivity index is 2.28. The Kier molecular flexibility index (Phi) is 3.33. The van der Waals surface area contributed by atoms with Crippen LogP contribution in [-0.4, -0.2) is 34.9 Å². The molecule has 0 amide bonds. The first-order chi connectivity index (χ1) is 7.68. The molecule has 1 fully saturated rings. The van der Waals surface area contributed by atoms with Crippen LogP contribution in [-0.2, 0) is 0 Å². The summed E-state index contributed by atoms with van der Waals surface area (Å²) in [6.45, 7) is 4.22. The number of aromatic nitrogens is 1. The van der Waals surface area contributed by atoms with Crippen molar-refractivity contribution >= 4 is 23.3 Å². The highest BCUT2D eigenvalue weighted by Gasteiger charge is 2.20. The van der Waals surface area contributed by atoms with E-state index in [0.717, 1.165) is 24.5 Å². The summed E-state index contributed by atoms with van der Waals surface area (Å²) in [7, 11) is 0. The van der Waals surface area contributed by atoms with Gasteiger partial charge in [-0.3, -0.25) is 10.4 Å². The Morgan fingerprint density at radius 2 is 2.50 bits per heavy atom. The Hall–Kier alpha value is -1.23. The van der Waals surface area contributed by atoms with Crippen LogP contribution in [0.5, 0.6) is 0 Å². The zero-order valence-corrected chi connectivity index (χ0v) is 10.1. The van der Waals surface area contributed by atoms with Gasteiger partial charge in [-0.15, -0.1) is 0 Å². The van der Waals surface area contributed by atoms with Gasteiger partial charge in [0.25, 0.3) is 0 Å². The first-order valence-corrected chi connectivity index (χ1v) is 6.39. The van der Waals surface area contributed by atoms with Gasteiger partial charge < -0.3 is 10.6 Å². The van der Waals surface area contributed by atoms with Crippen molar-refractivity contribution in [1.29, 1.82) is 5.41 Å². The van der Waals surface area contributed by atoms with E-state index >= 15 is 0 Å². The van der Waals surface area contributed by atoms with E-state index in [-0.39, 0.29) is 5.84 Å². The highest BCUT2D eigenvalue weighted by atomic mass is 32.2. The molecule has 86 valence electrons. The first kappa shape index (κ1) is 11.3. The van der Waals surface area contributed by atoms with Crippen molar-refractivity contribution < 1.29 is 0 Å². The Morgan fingerprint density at radius 1 is 1.69 bits per heavy atom. The molecule has 1 saturated heterocycles. The fraction of sp³-hybridized carbons (Fsp3) is 0.455. The molecule has 3 N–H and O–H groups in total. The van der Waals surface area contributed by atoms with Crippen LogP contribution in [0.4, 0.5) is 5.69 Å². The van der Waals surface area contributed by atoms with E-state index in [1.165, 1.54) is 0 Å². The molecule has 2 rings (SSSR count). The SMILES string of the molecule is CC1CN(c2cccnc2C(=N)N)CCS1. The highest BCUT2D eigenvalue weighted by Crippen LogP contribution is 2.25. The van der Waals surface area contributed by atoms with E-state index in [1.54, 1.807) is 6.20 Å². The molecule has 1 atom stereocenters. The van der Waals surface area contributed by atoms with Gasteiger partial charge in [-0.05, 0) is 12.1 Å². The van der Waals surface area contributed by atoms with Gasteiger partial charge in [0.05, 0.1) is 5.69 Å². The van der Waals surface area contributed by atoms with E-state index in [1.807, 2.05) is 23.9 Å². The van der Waals surface area contributed by atoms with Crippen molar-refractivity contribution in [2.24, 2.45) is 5.73 Å². The Labute approximate surface area is 99.7 Å². The second-order valence-corrected chi connectivity index (χ2v) is 5.46. The highest BCUT2D eigenvalue weighted by molar-refractivity contribution is 8.00. The Bertz CT molecular complexity index is 393. The molecule has 0 spiro atoms. The van der Waals surface area contributed by atoms with Crippen molar-refractivity contribution in [1.82, 2.24) is 4.98 Å². The van der Waals surface area contributed by atoms with Crippen molar-refractivity contribution in [3.63, 3.8) is 0 Å². The average Bonchev–Trinajstić information content (AvgIpc) is 2.29. The van der Waals surface area contributed by atoms with Crippen LogP contribution in [0.25, 0.3) is 0 Å². The zero-order valence-electron chi connectivity index (χ0n) is 9.31. The zero-order chi connectivity index (χ0) is 11.5. The predicted molar refractivity (Wildman–Crippen MR) is 69.4 cm³/mol. The topological polar surface area (TPSA) is 66.0 Å². The maximum Gasteiger partial charge on any atom is 0.143 e. The van der Waals surface area contributed by atoms with Crippen LogP contribution in [0.2, 0.25) is 0 Å². The molecule has 1 aliphatic rings. The third-order valence-electron chi connectivity index (χ3n) is 2.62. The van der Waals surface area contributed by atoms with Crippen LogP contribution in [0.1, 0.15) is 12.6 Å². The summed E-state index contributed by atoms with van der Waals surface area (Å²) < 4.78 is 0. The second-order valence-electron chi connectivity index (χ2n) is 3.91. The number of thioether (sulfide) groups is 1. The number of pyridine rings is 1. The fourth-order valence-electron chi connectivity index (χ4n) is 1.90. The minimum atomic E-state index is 0.0430. The third kappa shape index (κ3) is 2.29. The summed E-state index contributed by atoms with van der Waals surface area (Å²) in [5, 5.41) is 8.15. The van der Waals surface area contributed by atoms with Gasteiger partial charge >= 0.3 is 0 Å². The van der Waals surface area contributed by atoms with Crippen molar-refractivity contribution in [2.75, 3.05) is 23.7 Å². The van der Waals surface area contributed by atoms with Crippen LogP contribution in [0, 0.1) is 5.41 Å². The number of hydrogen-bond donors (Lipinski definition) is 2. The molecule has 0 bridgehead atoms. The van der Waals surface area contributed by atoms with Crippen LogP contribution in [0.15, 0.2) is 18.3 Å².